The summed E-state index contributed by atoms with van der Waals surface area (Å²) < 4.78 is 5.04. The molecule has 3 N–H and O–H groups in total. The molecule has 0 saturated carbocycles. The van der Waals surface area contributed by atoms with E-state index in [0.29, 0.717) is 23.5 Å². The van der Waals surface area contributed by atoms with Crippen molar-refractivity contribution in [3.8, 4) is 5.75 Å². The smallest absolute Gasteiger partial charge is 0.326 e. The largest absolute Gasteiger partial charge is 0.495 e. The molecule has 0 unspecified atom stereocenters. The number of benzene rings is 1. The number of nitrogens with zero attached hydrogens (tertiary/aromatic N) is 2. The van der Waals surface area contributed by atoms with Crippen molar-refractivity contribution in [1.29, 1.82) is 0 Å². The highest BCUT2D eigenvalue weighted by Crippen LogP contribution is 2.24. The molecule has 0 atom stereocenters. The molecule has 0 bridgehead atoms. The molecule has 24 heavy (non-hydrogen) atoms. The summed E-state index contributed by atoms with van der Waals surface area (Å²) in [5.41, 5.74) is 6.77. The van der Waals surface area contributed by atoms with Gasteiger partial charge in [-0.1, -0.05) is 0 Å². The molecule has 0 aromatic heterocycles. The van der Waals surface area contributed by atoms with E-state index in [1.165, 1.54) is 16.9 Å². The predicted molar refractivity (Wildman–Crippen MR) is 92.3 cm³/mol. The molecule has 0 spiro atoms. The zero-order chi connectivity index (χ0) is 17.0. The molecule has 4 amide bonds. The lowest BCUT2D eigenvalue weighted by Gasteiger charge is -2.14. The lowest BCUT2D eigenvalue weighted by Crippen LogP contribution is -2.32. The third kappa shape index (κ3) is 4.51. The van der Waals surface area contributed by atoms with Crippen molar-refractivity contribution >= 4 is 41.6 Å². The van der Waals surface area contributed by atoms with Crippen LogP contribution in [0.5, 0.6) is 5.75 Å². The molecule has 1 aromatic rings. The first-order chi connectivity index (χ1) is 10.9. The molecule has 132 valence electrons. The Bertz CT molecular complexity index is 638. The van der Waals surface area contributed by atoms with Gasteiger partial charge < -0.3 is 20.7 Å². The number of hydrogen-bond donors (Lipinski definition) is 2. The van der Waals surface area contributed by atoms with E-state index in [9.17, 15) is 14.4 Å². The van der Waals surface area contributed by atoms with E-state index < -0.39 is 0 Å². The molecule has 1 aliphatic rings. The van der Waals surface area contributed by atoms with E-state index in [0.717, 1.165) is 0 Å². The number of likely N-dealkylation sites (N-methyl/N-ethyl adjacent to an activating group) is 1. The van der Waals surface area contributed by atoms with Gasteiger partial charge in [0.2, 0.25) is 11.8 Å². The Hall–Kier alpha value is -2.48. The van der Waals surface area contributed by atoms with Gasteiger partial charge in [-0.15, -0.1) is 12.4 Å². The van der Waals surface area contributed by atoms with Crippen molar-refractivity contribution in [3.05, 3.63) is 18.2 Å². The van der Waals surface area contributed by atoms with E-state index in [-0.39, 0.29) is 49.8 Å². The number of rotatable bonds is 6. The van der Waals surface area contributed by atoms with Crippen LogP contribution in [0.4, 0.5) is 16.2 Å². The van der Waals surface area contributed by atoms with Crippen molar-refractivity contribution in [2.24, 2.45) is 0 Å². The minimum absolute atomic E-state index is 0. The predicted octanol–water partition coefficient (Wildman–Crippen LogP) is 1.31. The number of nitrogens with two attached hydrogens (primary N) is 1. The zero-order valence-electron chi connectivity index (χ0n) is 13.6. The Morgan fingerprint density at radius 3 is 2.62 bits per heavy atom. The van der Waals surface area contributed by atoms with Gasteiger partial charge in [0.1, 0.15) is 12.3 Å². The number of methoxy groups -OCH3 is 1. The normalized spacial score (nSPS) is 13.8. The second-order valence-corrected chi connectivity index (χ2v) is 5.29. The topological polar surface area (TPSA) is 105 Å². The number of nitrogens with one attached hydrogen (secondary N) is 1. The maximum Gasteiger partial charge on any atom is 0.326 e. The van der Waals surface area contributed by atoms with E-state index >= 15 is 0 Å². The highest BCUT2D eigenvalue weighted by Gasteiger charge is 2.32. The SMILES string of the molecule is COc1ccc(NC(=O)CCCN2C(=O)CN(C)C2=O)cc1N.Cl. The van der Waals surface area contributed by atoms with Crippen LogP contribution >= 0.6 is 12.4 Å². The van der Waals surface area contributed by atoms with Crippen molar-refractivity contribution < 1.29 is 19.1 Å². The Labute approximate surface area is 146 Å². The van der Waals surface area contributed by atoms with E-state index in [2.05, 4.69) is 5.32 Å². The molecule has 1 aromatic carbocycles. The highest BCUT2D eigenvalue weighted by atomic mass is 35.5. The minimum Gasteiger partial charge on any atom is -0.495 e. The van der Waals surface area contributed by atoms with Crippen LogP contribution in [0.3, 0.4) is 0 Å². The second kappa shape index (κ2) is 8.39. The second-order valence-electron chi connectivity index (χ2n) is 5.29. The molecule has 0 radical (unpaired) electrons. The van der Waals surface area contributed by atoms with Crippen LogP contribution in [0.15, 0.2) is 18.2 Å². The fourth-order valence-corrected chi connectivity index (χ4v) is 2.32. The number of urea groups is 1. The number of halogens is 1. The Balaban J connectivity index is 0.00000288. The Morgan fingerprint density at radius 1 is 1.38 bits per heavy atom. The summed E-state index contributed by atoms with van der Waals surface area (Å²) in [6, 6.07) is 4.65. The molecule has 9 heteroatoms. The first kappa shape index (κ1) is 19.6. The molecular weight excluding hydrogens is 336 g/mol. The molecule has 1 heterocycles. The van der Waals surface area contributed by atoms with Crippen molar-refractivity contribution in [2.75, 3.05) is 38.3 Å². The van der Waals surface area contributed by atoms with Gasteiger partial charge in [-0.05, 0) is 24.6 Å². The number of amides is 4. The third-order valence-electron chi connectivity index (χ3n) is 3.53. The third-order valence-corrected chi connectivity index (χ3v) is 3.53. The van der Waals surface area contributed by atoms with E-state index in [1.807, 2.05) is 0 Å². The summed E-state index contributed by atoms with van der Waals surface area (Å²) in [4.78, 5) is 37.7. The summed E-state index contributed by atoms with van der Waals surface area (Å²) in [5, 5.41) is 2.72. The van der Waals surface area contributed by atoms with Crippen LogP contribution in [-0.2, 0) is 9.59 Å². The minimum atomic E-state index is -0.321. The number of carbonyl (C=O) groups is 3. The summed E-state index contributed by atoms with van der Waals surface area (Å²) in [6.45, 7) is 0.330. The van der Waals surface area contributed by atoms with Crippen molar-refractivity contribution in [2.45, 2.75) is 12.8 Å². The van der Waals surface area contributed by atoms with Gasteiger partial charge in [0.15, 0.2) is 0 Å². The van der Waals surface area contributed by atoms with Gasteiger partial charge in [-0.25, -0.2) is 4.79 Å². The zero-order valence-corrected chi connectivity index (χ0v) is 14.4. The molecule has 8 nitrogen and oxygen atoms in total. The van der Waals surface area contributed by atoms with Crippen molar-refractivity contribution in [3.63, 3.8) is 0 Å². The van der Waals surface area contributed by atoms with Gasteiger partial charge >= 0.3 is 6.03 Å². The Morgan fingerprint density at radius 2 is 2.08 bits per heavy atom. The Kier molecular flexibility index (Phi) is 6.84. The number of nitrogen functional groups attached to an aromatic ring is 1. The number of carbonyl (C=O) groups excluding carboxylic acids is 3. The summed E-state index contributed by atoms with van der Waals surface area (Å²) in [7, 11) is 3.09. The van der Waals surface area contributed by atoms with Gasteiger partial charge in [-0.3, -0.25) is 14.5 Å². The van der Waals surface area contributed by atoms with Crippen LogP contribution in [0.1, 0.15) is 12.8 Å². The number of hydrogen-bond acceptors (Lipinski definition) is 5. The van der Waals surface area contributed by atoms with E-state index in [4.69, 9.17) is 10.5 Å². The molecular formula is C15H21ClN4O4. The first-order valence-corrected chi connectivity index (χ1v) is 7.21. The van der Waals surface area contributed by atoms with Gasteiger partial charge in [0.25, 0.3) is 0 Å². The van der Waals surface area contributed by atoms with Crippen LogP contribution < -0.4 is 15.8 Å². The van der Waals surface area contributed by atoms with Gasteiger partial charge in [0.05, 0.1) is 12.8 Å². The fraction of sp³-hybridized carbons (Fsp3) is 0.400. The first-order valence-electron chi connectivity index (χ1n) is 7.21. The number of imide groups is 1. The molecule has 1 fully saturated rings. The lowest BCUT2D eigenvalue weighted by atomic mass is 10.2. The summed E-state index contributed by atoms with van der Waals surface area (Å²) in [5.74, 6) is 0.0982. The molecule has 2 rings (SSSR count). The van der Waals surface area contributed by atoms with E-state index in [1.54, 1.807) is 25.2 Å². The van der Waals surface area contributed by atoms with Crippen LogP contribution in [0, 0.1) is 0 Å². The number of ether oxygens (including phenoxy) is 1. The highest BCUT2D eigenvalue weighted by molar-refractivity contribution is 6.01. The van der Waals surface area contributed by atoms with Crippen LogP contribution in [0.2, 0.25) is 0 Å². The average Bonchev–Trinajstić information content (AvgIpc) is 2.73. The summed E-state index contributed by atoms with van der Waals surface area (Å²) in [6.07, 6.45) is 0.607. The standard InChI is InChI=1S/C15H20N4O4.ClH/c1-18-9-14(21)19(15(18)22)7-3-4-13(20)17-10-5-6-12(23-2)11(16)8-10;/h5-6,8H,3-4,7,9,16H2,1-2H3,(H,17,20);1H. The maximum atomic E-state index is 11.9. The molecule has 1 saturated heterocycles. The summed E-state index contributed by atoms with van der Waals surface area (Å²) >= 11 is 0. The molecule has 1 aliphatic heterocycles. The number of anilines is 2. The molecule has 0 aliphatic carbocycles. The van der Waals surface area contributed by atoms with Gasteiger partial charge in [-0.2, -0.15) is 0 Å². The maximum absolute atomic E-state index is 11.9. The van der Waals surface area contributed by atoms with Gasteiger partial charge in [0, 0.05) is 25.7 Å². The average molecular weight is 357 g/mol. The monoisotopic (exact) mass is 356 g/mol. The van der Waals surface area contributed by atoms with Crippen molar-refractivity contribution in [1.82, 2.24) is 9.80 Å². The lowest BCUT2D eigenvalue weighted by molar-refractivity contribution is -0.125. The van der Waals surface area contributed by atoms with Crippen LogP contribution in [-0.4, -0.2) is 54.9 Å². The van der Waals surface area contributed by atoms with Crippen LogP contribution in [0.25, 0.3) is 0 Å². The quantitative estimate of drug-likeness (QED) is 0.590. The fourth-order valence-electron chi connectivity index (χ4n) is 2.32.